The molecule has 0 bridgehead atoms. The molecular formula is C20H26N2O3S2. The van der Waals surface area contributed by atoms with E-state index >= 15 is 0 Å². The second kappa shape index (κ2) is 8.91. The molecule has 2 aromatic carbocycles. The molecule has 0 saturated carbocycles. The van der Waals surface area contributed by atoms with Crippen LogP contribution in [0.5, 0.6) is 0 Å². The number of hydrogen-bond acceptors (Lipinski definition) is 4. The first-order valence-electron chi connectivity index (χ1n) is 8.59. The van der Waals surface area contributed by atoms with Crippen LogP contribution in [0, 0.1) is 0 Å². The van der Waals surface area contributed by atoms with Crippen LogP contribution < -0.4 is 5.32 Å². The van der Waals surface area contributed by atoms with Crippen molar-refractivity contribution in [2.45, 2.75) is 35.6 Å². The first-order chi connectivity index (χ1) is 12.6. The summed E-state index contributed by atoms with van der Waals surface area (Å²) in [5.74, 6) is -0.331. The number of likely N-dealkylation sites (N-methyl/N-ethyl adjacent to an activating group) is 1. The predicted octanol–water partition coefficient (Wildman–Crippen LogP) is 3.17. The van der Waals surface area contributed by atoms with Gasteiger partial charge in [0.05, 0.1) is 11.4 Å². The minimum absolute atomic E-state index is 0.180. The van der Waals surface area contributed by atoms with Crippen LogP contribution in [0.25, 0.3) is 0 Å². The lowest BCUT2D eigenvalue weighted by Crippen LogP contribution is -2.49. The Balaban J connectivity index is 2.00. The van der Waals surface area contributed by atoms with Crippen molar-refractivity contribution < 1.29 is 13.2 Å². The van der Waals surface area contributed by atoms with Gasteiger partial charge in [-0.15, -0.1) is 11.8 Å². The minimum Gasteiger partial charge on any atom is -0.350 e. The van der Waals surface area contributed by atoms with E-state index in [9.17, 15) is 13.2 Å². The molecule has 5 nitrogen and oxygen atoms in total. The summed E-state index contributed by atoms with van der Waals surface area (Å²) in [4.78, 5) is 13.6. The van der Waals surface area contributed by atoms with E-state index in [0.29, 0.717) is 6.42 Å². The van der Waals surface area contributed by atoms with E-state index in [2.05, 4.69) is 5.32 Å². The van der Waals surface area contributed by atoms with Crippen molar-refractivity contribution in [2.24, 2.45) is 0 Å². The van der Waals surface area contributed by atoms with E-state index in [1.54, 1.807) is 36.0 Å². The van der Waals surface area contributed by atoms with Gasteiger partial charge in [0.1, 0.15) is 0 Å². The molecule has 0 aliphatic heterocycles. The van der Waals surface area contributed by atoms with Crippen molar-refractivity contribution >= 4 is 27.7 Å². The molecule has 27 heavy (non-hydrogen) atoms. The van der Waals surface area contributed by atoms with Crippen LogP contribution in [-0.4, -0.2) is 44.0 Å². The van der Waals surface area contributed by atoms with E-state index in [0.717, 1.165) is 14.8 Å². The SMILES string of the molecule is CSc1ccc(S(=O)(=O)N(C)CC(=O)NC(C)(C)Cc2ccccc2)cc1. The normalized spacial score (nSPS) is 12.2. The molecule has 0 aliphatic carbocycles. The van der Waals surface area contributed by atoms with Gasteiger partial charge in [-0.3, -0.25) is 4.79 Å². The molecule has 7 heteroatoms. The third-order valence-corrected chi connectivity index (χ3v) is 6.66. The number of rotatable bonds is 8. The third kappa shape index (κ3) is 6.09. The van der Waals surface area contributed by atoms with Gasteiger partial charge in [-0.1, -0.05) is 30.3 Å². The van der Waals surface area contributed by atoms with Gasteiger partial charge in [-0.25, -0.2) is 8.42 Å². The summed E-state index contributed by atoms with van der Waals surface area (Å²) < 4.78 is 26.4. The van der Waals surface area contributed by atoms with Crippen LogP contribution in [0.4, 0.5) is 0 Å². The summed E-state index contributed by atoms with van der Waals surface area (Å²) >= 11 is 1.54. The zero-order chi connectivity index (χ0) is 20.1. The molecule has 146 valence electrons. The second-order valence-electron chi connectivity index (χ2n) is 7.03. The Morgan fingerprint density at radius 1 is 1.07 bits per heavy atom. The number of carbonyl (C=O) groups is 1. The summed E-state index contributed by atoms with van der Waals surface area (Å²) in [5, 5.41) is 2.93. The fourth-order valence-electron chi connectivity index (χ4n) is 2.78. The first kappa shape index (κ1) is 21.5. The van der Waals surface area contributed by atoms with Crippen molar-refractivity contribution in [3.05, 3.63) is 60.2 Å². The molecule has 1 amide bonds. The van der Waals surface area contributed by atoms with Crippen molar-refractivity contribution in [1.82, 2.24) is 9.62 Å². The Bertz CT molecular complexity index is 864. The number of hydrogen-bond donors (Lipinski definition) is 1. The fourth-order valence-corrected chi connectivity index (χ4v) is 4.32. The van der Waals surface area contributed by atoms with Gasteiger partial charge in [0.2, 0.25) is 15.9 Å². The molecule has 0 saturated heterocycles. The quantitative estimate of drug-likeness (QED) is 0.684. The summed E-state index contributed by atoms with van der Waals surface area (Å²) in [6, 6.07) is 16.5. The van der Waals surface area contributed by atoms with Gasteiger partial charge in [0.15, 0.2) is 0 Å². The lowest BCUT2D eigenvalue weighted by atomic mass is 9.95. The molecule has 0 aromatic heterocycles. The van der Waals surface area contributed by atoms with E-state index in [1.807, 2.05) is 50.4 Å². The Kier molecular flexibility index (Phi) is 7.08. The predicted molar refractivity (Wildman–Crippen MR) is 110 cm³/mol. The van der Waals surface area contributed by atoms with Crippen LogP contribution in [-0.2, 0) is 21.2 Å². The van der Waals surface area contributed by atoms with Crippen LogP contribution in [0.2, 0.25) is 0 Å². The summed E-state index contributed by atoms with van der Waals surface area (Å²) in [6.45, 7) is 3.62. The Morgan fingerprint density at radius 3 is 2.22 bits per heavy atom. The highest BCUT2D eigenvalue weighted by Gasteiger charge is 2.26. The number of sulfonamides is 1. The van der Waals surface area contributed by atoms with Crippen LogP contribution in [0.15, 0.2) is 64.4 Å². The molecule has 2 aromatic rings. The Morgan fingerprint density at radius 2 is 1.67 bits per heavy atom. The van der Waals surface area contributed by atoms with Gasteiger partial charge < -0.3 is 5.32 Å². The summed E-state index contributed by atoms with van der Waals surface area (Å²) in [7, 11) is -2.29. The highest BCUT2D eigenvalue weighted by molar-refractivity contribution is 7.98. The Labute approximate surface area is 166 Å². The number of amides is 1. The first-order valence-corrected chi connectivity index (χ1v) is 11.3. The van der Waals surface area contributed by atoms with Gasteiger partial charge in [-0.2, -0.15) is 4.31 Å². The minimum atomic E-state index is -3.71. The maximum absolute atomic E-state index is 12.7. The molecule has 0 aliphatic rings. The van der Waals surface area contributed by atoms with Crippen molar-refractivity contribution in [1.29, 1.82) is 0 Å². The van der Waals surface area contributed by atoms with E-state index in [1.165, 1.54) is 7.05 Å². The molecular weight excluding hydrogens is 380 g/mol. The van der Waals surface area contributed by atoms with Crippen LogP contribution >= 0.6 is 11.8 Å². The van der Waals surface area contributed by atoms with Gasteiger partial charge in [0.25, 0.3) is 0 Å². The summed E-state index contributed by atoms with van der Waals surface area (Å²) in [6.07, 6.45) is 2.59. The van der Waals surface area contributed by atoms with Crippen LogP contribution in [0.3, 0.4) is 0 Å². The molecule has 0 unspecified atom stereocenters. The molecule has 0 heterocycles. The number of thioether (sulfide) groups is 1. The van der Waals surface area contributed by atoms with Gasteiger partial charge in [-0.05, 0) is 56.4 Å². The number of benzene rings is 2. The van der Waals surface area contributed by atoms with Crippen molar-refractivity contribution in [2.75, 3.05) is 19.8 Å². The van der Waals surface area contributed by atoms with Crippen molar-refractivity contribution in [3.8, 4) is 0 Å². The molecule has 0 spiro atoms. The van der Waals surface area contributed by atoms with Gasteiger partial charge >= 0.3 is 0 Å². The maximum atomic E-state index is 12.7. The van der Waals surface area contributed by atoms with Gasteiger partial charge in [0, 0.05) is 17.5 Å². The topological polar surface area (TPSA) is 66.5 Å². The monoisotopic (exact) mass is 406 g/mol. The standard InChI is InChI=1S/C20H26N2O3S2/c1-20(2,14-16-8-6-5-7-9-16)21-19(23)15-22(3)27(24,25)18-12-10-17(26-4)11-13-18/h5-13H,14-15H2,1-4H3,(H,21,23). The maximum Gasteiger partial charge on any atom is 0.243 e. The highest BCUT2D eigenvalue weighted by atomic mass is 32.2. The molecule has 2 rings (SSSR count). The highest BCUT2D eigenvalue weighted by Crippen LogP contribution is 2.20. The third-order valence-electron chi connectivity index (χ3n) is 4.10. The van der Waals surface area contributed by atoms with E-state index in [4.69, 9.17) is 0 Å². The lowest BCUT2D eigenvalue weighted by molar-refractivity contribution is -0.122. The number of nitrogens with zero attached hydrogens (tertiary/aromatic N) is 1. The van der Waals surface area contributed by atoms with Crippen molar-refractivity contribution in [3.63, 3.8) is 0 Å². The molecule has 0 fully saturated rings. The zero-order valence-electron chi connectivity index (χ0n) is 16.1. The lowest BCUT2D eigenvalue weighted by Gasteiger charge is -2.27. The molecule has 0 atom stereocenters. The van der Waals surface area contributed by atoms with Crippen LogP contribution in [0.1, 0.15) is 19.4 Å². The second-order valence-corrected chi connectivity index (χ2v) is 9.96. The number of nitrogens with one attached hydrogen (secondary N) is 1. The average Bonchev–Trinajstić information content (AvgIpc) is 2.61. The zero-order valence-corrected chi connectivity index (χ0v) is 17.7. The Hall–Kier alpha value is -1.83. The summed E-state index contributed by atoms with van der Waals surface area (Å²) in [5.41, 5.74) is 0.626. The van der Waals surface area contributed by atoms with E-state index in [-0.39, 0.29) is 17.3 Å². The molecule has 0 radical (unpaired) electrons. The largest absolute Gasteiger partial charge is 0.350 e. The molecule has 1 N–H and O–H groups in total. The van der Waals surface area contributed by atoms with E-state index < -0.39 is 15.6 Å². The fraction of sp³-hybridized carbons (Fsp3) is 0.350. The smallest absolute Gasteiger partial charge is 0.243 e. The number of carbonyl (C=O) groups excluding carboxylic acids is 1. The average molecular weight is 407 g/mol.